The standard InChI is InChI=1S/C13H23N3S2/c1-9(12(14)17)6-16(5)7-11-15-10(8-18-11)13(2,3)4/h8-9H,6-7H2,1-5H3,(H2,14,17). The van der Waals surface area contributed by atoms with Crippen molar-refractivity contribution >= 4 is 28.5 Å². The van der Waals surface area contributed by atoms with Crippen LogP contribution < -0.4 is 5.73 Å². The van der Waals surface area contributed by atoms with E-state index in [-0.39, 0.29) is 11.3 Å². The molecule has 0 radical (unpaired) electrons. The van der Waals surface area contributed by atoms with E-state index < -0.39 is 0 Å². The molecule has 0 bridgehead atoms. The Morgan fingerprint density at radius 1 is 1.56 bits per heavy atom. The average Bonchev–Trinajstić information content (AvgIpc) is 2.64. The predicted molar refractivity (Wildman–Crippen MR) is 83.1 cm³/mol. The highest BCUT2D eigenvalue weighted by Gasteiger charge is 2.18. The largest absolute Gasteiger partial charge is 0.393 e. The molecule has 1 rings (SSSR count). The van der Waals surface area contributed by atoms with Crippen molar-refractivity contribution in [1.29, 1.82) is 0 Å². The molecule has 1 heterocycles. The maximum Gasteiger partial charge on any atom is 0.107 e. The lowest BCUT2D eigenvalue weighted by atomic mass is 9.93. The van der Waals surface area contributed by atoms with Crippen LogP contribution in [0.3, 0.4) is 0 Å². The minimum Gasteiger partial charge on any atom is -0.393 e. The Labute approximate surface area is 119 Å². The van der Waals surface area contributed by atoms with Gasteiger partial charge in [0, 0.05) is 23.3 Å². The Morgan fingerprint density at radius 3 is 2.61 bits per heavy atom. The summed E-state index contributed by atoms with van der Waals surface area (Å²) >= 11 is 6.72. The Kier molecular flexibility index (Phi) is 5.25. The summed E-state index contributed by atoms with van der Waals surface area (Å²) in [4.78, 5) is 7.48. The second-order valence-electron chi connectivity index (χ2n) is 5.88. The highest BCUT2D eigenvalue weighted by molar-refractivity contribution is 7.80. The van der Waals surface area contributed by atoms with Crippen LogP contribution in [0.15, 0.2) is 5.38 Å². The summed E-state index contributed by atoms with van der Waals surface area (Å²) < 4.78 is 0. The first-order valence-corrected chi connectivity index (χ1v) is 7.41. The monoisotopic (exact) mass is 285 g/mol. The first-order valence-electron chi connectivity index (χ1n) is 6.13. The van der Waals surface area contributed by atoms with Gasteiger partial charge in [0.05, 0.1) is 17.2 Å². The summed E-state index contributed by atoms with van der Waals surface area (Å²) in [5.41, 5.74) is 6.92. The first-order chi connectivity index (χ1) is 8.20. The van der Waals surface area contributed by atoms with Gasteiger partial charge in [0.25, 0.3) is 0 Å². The van der Waals surface area contributed by atoms with Crippen LogP contribution in [0.2, 0.25) is 0 Å². The third-order valence-electron chi connectivity index (χ3n) is 2.80. The van der Waals surface area contributed by atoms with Crippen molar-refractivity contribution in [3.8, 4) is 0 Å². The zero-order chi connectivity index (χ0) is 13.9. The molecular weight excluding hydrogens is 262 g/mol. The van der Waals surface area contributed by atoms with Gasteiger partial charge in [-0.1, -0.05) is 39.9 Å². The fourth-order valence-corrected chi connectivity index (χ4v) is 2.76. The average molecular weight is 285 g/mol. The normalized spacial score (nSPS) is 13.9. The molecule has 1 unspecified atom stereocenters. The number of hydrogen-bond acceptors (Lipinski definition) is 4. The molecule has 5 heteroatoms. The van der Waals surface area contributed by atoms with Gasteiger partial charge in [0.1, 0.15) is 5.01 Å². The summed E-state index contributed by atoms with van der Waals surface area (Å²) in [5, 5.41) is 3.30. The molecular formula is C13H23N3S2. The van der Waals surface area contributed by atoms with E-state index in [9.17, 15) is 0 Å². The number of nitrogens with zero attached hydrogens (tertiary/aromatic N) is 2. The molecule has 0 saturated heterocycles. The first kappa shape index (κ1) is 15.5. The third kappa shape index (κ3) is 4.63. The molecule has 2 N–H and O–H groups in total. The van der Waals surface area contributed by atoms with Crippen molar-refractivity contribution in [2.45, 2.75) is 39.7 Å². The molecule has 18 heavy (non-hydrogen) atoms. The molecule has 0 aromatic carbocycles. The highest BCUT2D eigenvalue weighted by atomic mass is 32.1. The fourth-order valence-electron chi connectivity index (χ4n) is 1.58. The molecule has 0 aliphatic carbocycles. The molecule has 0 amide bonds. The van der Waals surface area contributed by atoms with E-state index in [4.69, 9.17) is 18.0 Å². The molecule has 3 nitrogen and oxygen atoms in total. The van der Waals surface area contributed by atoms with Crippen molar-refractivity contribution in [3.63, 3.8) is 0 Å². The van der Waals surface area contributed by atoms with Crippen molar-refractivity contribution in [3.05, 3.63) is 16.1 Å². The zero-order valence-corrected chi connectivity index (χ0v) is 13.5. The van der Waals surface area contributed by atoms with E-state index in [2.05, 4.69) is 50.0 Å². The molecule has 0 fully saturated rings. The quantitative estimate of drug-likeness (QED) is 0.845. The van der Waals surface area contributed by atoms with Crippen LogP contribution in [0.25, 0.3) is 0 Å². The van der Waals surface area contributed by atoms with Crippen LogP contribution in [0.1, 0.15) is 38.4 Å². The minimum atomic E-state index is 0.124. The highest BCUT2D eigenvalue weighted by Crippen LogP contribution is 2.24. The number of hydrogen-bond donors (Lipinski definition) is 1. The smallest absolute Gasteiger partial charge is 0.107 e. The Balaban J connectivity index is 2.57. The summed E-state index contributed by atoms with van der Waals surface area (Å²) in [5.74, 6) is 0.243. The van der Waals surface area contributed by atoms with E-state index in [1.807, 2.05) is 0 Å². The SMILES string of the molecule is CC(CN(C)Cc1nc(C(C)(C)C)cs1)C(N)=S. The lowest BCUT2D eigenvalue weighted by molar-refractivity contribution is 0.306. The lowest BCUT2D eigenvalue weighted by Gasteiger charge is -2.19. The van der Waals surface area contributed by atoms with Gasteiger partial charge < -0.3 is 5.73 Å². The summed E-state index contributed by atoms with van der Waals surface area (Å²) in [7, 11) is 2.08. The minimum absolute atomic E-state index is 0.124. The summed E-state index contributed by atoms with van der Waals surface area (Å²) in [6, 6.07) is 0. The number of thiocarbonyl (C=S) groups is 1. The fraction of sp³-hybridized carbons (Fsp3) is 0.692. The van der Waals surface area contributed by atoms with Crippen LogP contribution in [0, 0.1) is 5.92 Å². The van der Waals surface area contributed by atoms with Crippen molar-refractivity contribution < 1.29 is 0 Å². The van der Waals surface area contributed by atoms with Gasteiger partial charge in [-0.2, -0.15) is 0 Å². The molecule has 1 aromatic rings. The van der Waals surface area contributed by atoms with Gasteiger partial charge >= 0.3 is 0 Å². The van der Waals surface area contributed by atoms with E-state index >= 15 is 0 Å². The van der Waals surface area contributed by atoms with Crippen LogP contribution in [0.4, 0.5) is 0 Å². The van der Waals surface area contributed by atoms with E-state index in [1.165, 1.54) is 5.69 Å². The van der Waals surface area contributed by atoms with Gasteiger partial charge in [0.15, 0.2) is 0 Å². The predicted octanol–water partition coefficient (Wildman–Crippen LogP) is 2.79. The van der Waals surface area contributed by atoms with Crippen molar-refractivity contribution in [2.75, 3.05) is 13.6 Å². The Bertz CT molecular complexity index is 407. The molecule has 1 aromatic heterocycles. The van der Waals surface area contributed by atoms with Gasteiger partial charge in [-0.15, -0.1) is 11.3 Å². The third-order valence-corrected chi connectivity index (χ3v) is 4.03. The maximum atomic E-state index is 5.63. The van der Waals surface area contributed by atoms with E-state index in [1.54, 1.807) is 11.3 Å². The van der Waals surface area contributed by atoms with Gasteiger partial charge in [-0.05, 0) is 7.05 Å². The number of aromatic nitrogens is 1. The van der Waals surface area contributed by atoms with E-state index in [0.29, 0.717) is 4.99 Å². The van der Waals surface area contributed by atoms with Crippen LogP contribution >= 0.6 is 23.6 Å². The van der Waals surface area contributed by atoms with Crippen LogP contribution in [0.5, 0.6) is 0 Å². The van der Waals surface area contributed by atoms with Crippen LogP contribution in [-0.4, -0.2) is 28.5 Å². The topological polar surface area (TPSA) is 42.2 Å². The van der Waals surface area contributed by atoms with Crippen molar-refractivity contribution in [1.82, 2.24) is 9.88 Å². The second-order valence-corrected chi connectivity index (χ2v) is 7.29. The van der Waals surface area contributed by atoms with Gasteiger partial charge in [-0.25, -0.2) is 4.98 Å². The molecule has 1 atom stereocenters. The van der Waals surface area contributed by atoms with E-state index in [0.717, 1.165) is 18.1 Å². The Morgan fingerprint density at radius 2 is 2.17 bits per heavy atom. The number of rotatable bonds is 5. The maximum absolute atomic E-state index is 5.63. The lowest BCUT2D eigenvalue weighted by Crippen LogP contribution is -2.31. The number of thiazole rings is 1. The Hall–Kier alpha value is -0.520. The second kappa shape index (κ2) is 6.08. The van der Waals surface area contributed by atoms with Gasteiger partial charge in [0.2, 0.25) is 0 Å². The molecule has 102 valence electrons. The number of nitrogens with two attached hydrogens (primary N) is 1. The van der Waals surface area contributed by atoms with Crippen molar-refractivity contribution in [2.24, 2.45) is 11.7 Å². The molecule has 0 spiro atoms. The zero-order valence-electron chi connectivity index (χ0n) is 11.9. The van der Waals surface area contributed by atoms with Crippen LogP contribution in [-0.2, 0) is 12.0 Å². The summed E-state index contributed by atoms with van der Waals surface area (Å²) in [6.45, 7) is 10.3. The van der Waals surface area contributed by atoms with Gasteiger partial charge in [-0.3, -0.25) is 4.90 Å². The molecule has 0 aliphatic heterocycles. The summed E-state index contributed by atoms with van der Waals surface area (Å²) in [6.07, 6.45) is 0. The molecule has 0 saturated carbocycles. The molecule has 0 aliphatic rings.